The molecule has 1 fully saturated rings. The van der Waals surface area contributed by atoms with Crippen LogP contribution in [0.3, 0.4) is 0 Å². The van der Waals surface area contributed by atoms with Gasteiger partial charge in [-0.1, -0.05) is 10.4 Å². The van der Waals surface area contributed by atoms with Crippen molar-refractivity contribution in [3.05, 3.63) is 39.7 Å². The van der Waals surface area contributed by atoms with E-state index in [4.69, 9.17) is 14.2 Å². The molecule has 0 aromatic heterocycles. The van der Waals surface area contributed by atoms with Crippen LogP contribution in [0, 0.1) is 9.81 Å². The van der Waals surface area contributed by atoms with Crippen molar-refractivity contribution in [2.24, 2.45) is 10.4 Å². The lowest BCUT2D eigenvalue weighted by atomic mass is 10.0. The molecule has 1 saturated heterocycles. The number of benzene rings is 1. The molecule has 0 bridgehead atoms. The molecule has 8 nitrogen and oxygen atoms in total. The number of rotatable bonds is 5. The van der Waals surface area contributed by atoms with Gasteiger partial charge in [0.1, 0.15) is 30.8 Å². The van der Waals surface area contributed by atoms with Crippen molar-refractivity contribution in [2.75, 3.05) is 13.2 Å². The quantitative estimate of drug-likeness (QED) is 0.828. The van der Waals surface area contributed by atoms with E-state index in [1.807, 2.05) is 19.1 Å². The summed E-state index contributed by atoms with van der Waals surface area (Å²) < 4.78 is 16.8. The average Bonchev–Trinajstić information content (AvgIpc) is 2.58. The molecule has 1 aromatic carbocycles. The average molecular weight is 334 g/mol. The molecule has 0 saturated carbocycles. The van der Waals surface area contributed by atoms with E-state index in [2.05, 4.69) is 10.4 Å². The fraction of sp³-hybridized carbons (Fsp3) is 0.500. The van der Waals surface area contributed by atoms with Gasteiger partial charge in [-0.2, -0.15) is 9.81 Å². The second-order valence-corrected chi connectivity index (χ2v) is 5.80. The topological polar surface area (TPSA) is 107 Å². The lowest BCUT2D eigenvalue weighted by Gasteiger charge is -2.35. The number of aliphatic hydroxyl groups is 1. The first-order valence-corrected chi connectivity index (χ1v) is 7.68. The molecule has 128 valence electrons. The Morgan fingerprint density at radius 1 is 1.38 bits per heavy atom. The summed E-state index contributed by atoms with van der Waals surface area (Å²) in [7, 11) is 0. The Morgan fingerprint density at radius 2 is 2.21 bits per heavy atom. The van der Waals surface area contributed by atoms with E-state index >= 15 is 0 Å². The first-order valence-electron chi connectivity index (χ1n) is 7.68. The number of allylic oxidation sites excluding steroid dienone is 1. The number of nitrogens with zero attached hydrogens (tertiary/aromatic N) is 2. The van der Waals surface area contributed by atoms with Crippen LogP contribution in [0.15, 0.2) is 34.6 Å². The molecule has 1 N–H and O–H groups in total. The predicted molar refractivity (Wildman–Crippen MR) is 85.7 cm³/mol. The summed E-state index contributed by atoms with van der Waals surface area (Å²) in [5.41, 5.74) is 2.09. The van der Waals surface area contributed by atoms with Crippen LogP contribution in [0.4, 0.5) is 0 Å². The molecule has 24 heavy (non-hydrogen) atoms. The van der Waals surface area contributed by atoms with Gasteiger partial charge in [-0.3, -0.25) is 0 Å². The van der Waals surface area contributed by atoms with Gasteiger partial charge in [-0.25, -0.2) is 0 Å². The van der Waals surface area contributed by atoms with Gasteiger partial charge in [-0.15, -0.1) is 0 Å². The Bertz CT molecular complexity index is 662. The molecule has 3 rings (SSSR count). The van der Waals surface area contributed by atoms with E-state index in [9.17, 15) is 14.9 Å². The predicted octanol–water partition coefficient (Wildman–Crippen LogP) is 2.24. The highest BCUT2D eigenvalue weighted by Gasteiger charge is 2.40. The van der Waals surface area contributed by atoms with Gasteiger partial charge < -0.3 is 19.3 Å². The van der Waals surface area contributed by atoms with Gasteiger partial charge >= 0.3 is 0 Å². The third kappa shape index (κ3) is 3.29. The second kappa shape index (κ2) is 7.06. The minimum absolute atomic E-state index is 0.0532. The minimum Gasteiger partial charge on any atom is -0.489 e. The summed E-state index contributed by atoms with van der Waals surface area (Å²) in [5.74, 6) is 1.14. The Hall–Kier alpha value is -2.32. The highest BCUT2D eigenvalue weighted by molar-refractivity contribution is 5.71. The zero-order valence-corrected chi connectivity index (χ0v) is 13.1. The Kier molecular flexibility index (Phi) is 4.86. The Balaban J connectivity index is 1.77. The third-order valence-electron chi connectivity index (χ3n) is 4.18. The molecule has 2 heterocycles. The SMILES string of the molecule is CC1=CCOc2cc(OC3OC(CN=O)C(O)CC3N=O)ccc21. The summed E-state index contributed by atoms with van der Waals surface area (Å²) in [6.45, 7) is 2.26. The molecule has 1 aromatic rings. The minimum atomic E-state index is -0.990. The van der Waals surface area contributed by atoms with Crippen LogP contribution in [0.2, 0.25) is 0 Å². The lowest BCUT2D eigenvalue weighted by molar-refractivity contribution is -0.191. The largest absolute Gasteiger partial charge is 0.489 e. The maximum Gasteiger partial charge on any atom is 0.226 e. The Morgan fingerprint density at radius 3 is 2.96 bits per heavy atom. The van der Waals surface area contributed by atoms with E-state index in [1.54, 1.807) is 12.1 Å². The number of aliphatic hydroxyl groups excluding tert-OH is 1. The monoisotopic (exact) mass is 334 g/mol. The van der Waals surface area contributed by atoms with E-state index in [0.29, 0.717) is 18.1 Å². The Labute approximate surface area is 138 Å². The molecule has 0 amide bonds. The number of fused-ring (bicyclic) bond motifs is 1. The molecule has 4 atom stereocenters. The molecule has 2 aliphatic heterocycles. The highest BCUT2D eigenvalue weighted by atomic mass is 16.7. The van der Waals surface area contributed by atoms with Crippen LogP contribution in [0.1, 0.15) is 18.9 Å². The smallest absolute Gasteiger partial charge is 0.226 e. The van der Waals surface area contributed by atoms with Crippen molar-refractivity contribution in [3.8, 4) is 11.5 Å². The van der Waals surface area contributed by atoms with Crippen molar-refractivity contribution in [1.29, 1.82) is 0 Å². The second-order valence-electron chi connectivity index (χ2n) is 5.80. The standard InChI is InChI=1S/C16H18N2O6/c1-9-4-5-22-14-6-10(2-3-11(9)14)23-16-12(18-21)7-13(19)15(24-16)8-17-20/h2-4,6,12-13,15-16,19H,5,7-8H2,1H3. The number of hydrogen-bond acceptors (Lipinski definition) is 8. The van der Waals surface area contributed by atoms with Crippen LogP contribution in [0.25, 0.3) is 5.57 Å². The molecule has 0 aliphatic carbocycles. The van der Waals surface area contributed by atoms with Gasteiger partial charge in [0.2, 0.25) is 6.29 Å². The van der Waals surface area contributed by atoms with E-state index in [1.165, 1.54) is 0 Å². The lowest BCUT2D eigenvalue weighted by Crippen LogP contribution is -2.50. The van der Waals surface area contributed by atoms with Gasteiger partial charge in [0, 0.05) is 18.1 Å². The zero-order chi connectivity index (χ0) is 17.1. The maximum atomic E-state index is 11.0. The molecule has 2 aliphatic rings. The summed E-state index contributed by atoms with van der Waals surface area (Å²) in [5, 5.41) is 15.6. The van der Waals surface area contributed by atoms with Crippen LogP contribution < -0.4 is 9.47 Å². The van der Waals surface area contributed by atoms with Crippen molar-refractivity contribution in [2.45, 2.75) is 37.9 Å². The van der Waals surface area contributed by atoms with E-state index < -0.39 is 24.5 Å². The summed E-state index contributed by atoms with van der Waals surface area (Å²) in [6, 6.07) is 4.45. The maximum absolute atomic E-state index is 11.0. The van der Waals surface area contributed by atoms with E-state index in [0.717, 1.165) is 11.1 Å². The van der Waals surface area contributed by atoms with Crippen LogP contribution in [0.5, 0.6) is 11.5 Å². The molecular weight excluding hydrogens is 316 g/mol. The first kappa shape index (κ1) is 16.5. The fourth-order valence-corrected chi connectivity index (χ4v) is 2.82. The van der Waals surface area contributed by atoms with Gasteiger partial charge in [-0.05, 0) is 30.7 Å². The van der Waals surface area contributed by atoms with Gasteiger partial charge in [0.05, 0.1) is 6.10 Å². The van der Waals surface area contributed by atoms with Crippen molar-refractivity contribution >= 4 is 5.57 Å². The fourth-order valence-electron chi connectivity index (χ4n) is 2.82. The molecular formula is C16H18N2O6. The highest BCUT2D eigenvalue weighted by Crippen LogP contribution is 2.34. The number of nitroso groups, excluding NO2 is 2. The normalized spacial score (nSPS) is 29.0. The zero-order valence-electron chi connectivity index (χ0n) is 13.1. The van der Waals surface area contributed by atoms with E-state index in [-0.39, 0.29) is 13.0 Å². The van der Waals surface area contributed by atoms with Gasteiger partial charge in [0.25, 0.3) is 0 Å². The third-order valence-corrected chi connectivity index (χ3v) is 4.18. The van der Waals surface area contributed by atoms with Crippen LogP contribution >= 0.6 is 0 Å². The van der Waals surface area contributed by atoms with Crippen molar-refractivity contribution in [1.82, 2.24) is 0 Å². The summed E-state index contributed by atoms with van der Waals surface area (Å²) >= 11 is 0. The molecule has 0 spiro atoms. The molecule has 8 heteroatoms. The van der Waals surface area contributed by atoms with Crippen molar-refractivity contribution in [3.63, 3.8) is 0 Å². The van der Waals surface area contributed by atoms with Crippen LogP contribution in [-0.2, 0) is 4.74 Å². The van der Waals surface area contributed by atoms with Crippen LogP contribution in [-0.4, -0.2) is 42.8 Å². The molecule has 0 radical (unpaired) electrons. The van der Waals surface area contributed by atoms with Gasteiger partial charge in [0.15, 0.2) is 6.04 Å². The summed E-state index contributed by atoms with van der Waals surface area (Å²) in [4.78, 5) is 21.4. The molecule has 4 unspecified atom stereocenters. The summed E-state index contributed by atoms with van der Waals surface area (Å²) in [6.07, 6.45) is -0.749. The first-order chi connectivity index (χ1) is 11.6. The number of ether oxygens (including phenoxy) is 3. The number of hydrogen-bond donors (Lipinski definition) is 1. The van der Waals surface area contributed by atoms with Crippen molar-refractivity contribution < 1.29 is 19.3 Å².